The maximum absolute atomic E-state index is 5.78. The summed E-state index contributed by atoms with van der Waals surface area (Å²) in [6.45, 7) is 0.693. The van der Waals surface area contributed by atoms with E-state index in [0.29, 0.717) is 17.4 Å². The lowest BCUT2D eigenvalue weighted by Gasteiger charge is -1.97. The summed E-state index contributed by atoms with van der Waals surface area (Å²) in [6.07, 6.45) is 0. The fourth-order valence-electron chi connectivity index (χ4n) is 1.18. The number of aliphatic imine (C=N–C) groups is 1. The van der Waals surface area contributed by atoms with Gasteiger partial charge in [0, 0.05) is 10.6 Å². The van der Waals surface area contributed by atoms with Crippen LogP contribution in [-0.2, 0) is 6.54 Å². The first-order valence-corrected chi connectivity index (χ1v) is 3.74. The van der Waals surface area contributed by atoms with E-state index in [0.717, 1.165) is 11.1 Å². The van der Waals surface area contributed by atoms with Crippen LogP contribution in [0.15, 0.2) is 23.2 Å². The second kappa shape index (κ2) is 2.24. The molecule has 0 saturated heterocycles. The van der Waals surface area contributed by atoms with Crippen molar-refractivity contribution in [3.05, 3.63) is 34.3 Å². The molecule has 2 rings (SSSR count). The third-order valence-corrected chi connectivity index (χ3v) is 2.00. The topological polar surface area (TPSA) is 38.4 Å². The van der Waals surface area contributed by atoms with E-state index in [1.54, 1.807) is 0 Å². The number of benzene rings is 1. The van der Waals surface area contributed by atoms with E-state index < -0.39 is 0 Å². The summed E-state index contributed by atoms with van der Waals surface area (Å²) in [4.78, 5) is 4.08. The standard InChI is InChI=1S/C8H7ClN2/c9-6-2-1-5-4-11-8(10)7(5)3-6/h1-3H,4H2,(H2,10,11). The summed E-state index contributed by atoms with van der Waals surface area (Å²) in [5, 5.41) is 0.712. The highest BCUT2D eigenvalue weighted by molar-refractivity contribution is 6.31. The minimum atomic E-state index is 0.600. The zero-order valence-electron chi connectivity index (χ0n) is 5.84. The number of nitrogens with two attached hydrogens (primary N) is 1. The minimum Gasteiger partial charge on any atom is -0.383 e. The predicted octanol–water partition coefficient (Wildman–Crippen LogP) is 1.56. The summed E-state index contributed by atoms with van der Waals surface area (Å²) in [5.74, 6) is 0.600. The van der Waals surface area contributed by atoms with E-state index in [1.807, 2.05) is 18.2 Å². The van der Waals surface area contributed by atoms with Crippen LogP contribution in [0, 0.1) is 0 Å². The number of hydrogen-bond donors (Lipinski definition) is 1. The van der Waals surface area contributed by atoms with Crippen molar-refractivity contribution >= 4 is 17.4 Å². The normalized spacial score (nSPS) is 14.5. The first-order chi connectivity index (χ1) is 5.27. The fourth-order valence-corrected chi connectivity index (χ4v) is 1.35. The van der Waals surface area contributed by atoms with Crippen LogP contribution in [0.3, 0.4) is 0 Å². The highest BCUT2D eigenvalue weighted by atomic mass is 35.5. The van der Waals surface area contributed by atoms with Crippen molar-refractivity contribution in [1.29, 1.82) is 0 Å². The summed E-state index contributed by atoms with van der Waals surface area (Å²) >= 11 is 5.78. The van der Waals surface area contributed by atoms with Gasteiger partial charge in [-0.25, -0.2) is 0 Å². The molecule has 0 radical (unpaired) electrons. The molecule has 3 heteroatoms. The van der Waals surface area contributed by atoms with Crippen LogP contribution in [0.2, 0.25) is 5.02 Å². The molecule has 0 unspecified atom stereocenters. The number of hydrogen-bond acceptors (Lipinski definition) is 2. The van der Waals surface area contributed by atoms with E-state index in [-0.39, 0.29) is 0 Å². The van der Waals surface area contributed by atoms with Gasteiger partial charge in [-0.1, -0.05) is 17.7 Å². The first-order valence-electron chi connectivity index (χ1n) is 3.36. The van der Waals surface area contributed by atoms with Crippen LogP contribution in [0.25, 0.3) is 0 Å². The molecule has 0 aromatic heterocycles. The Labute approximate surface area is 69.7 Å². The van der Waals surface area contributed by atoms with Crippen molar-refractivity contribution in [1.82, 2.24) is 0 Å². The molecule has 1 aromatic rings. The number of fused-ring (bicyclic) bond motifs is 1. The highest BCUT2D eigenvalue weighted by Crippen LogP contribution is 2.20. The zero-order chi connectivity index (χ0) is 7.84. The fraction of sp³-hybridized carbons (Fsp3) is 0.125. The molecule has 1 aromatic carbocycles. The SMILES string of the molecule is NC1=NCc2ccc(Cl)cc21. The van der Waals surface area contributed by atoms with Crippen LogP contribution >= 0.6 is 11.6 Å². The Morgan fingerprint density at radius 3 is 3.09 bits per heavy atom. The molecule has 11 heavy (non-hydrogen) atoms. The maximum Gasteiger partial charge on any atom is 0.126 e. The van der Waals surface area contributed by atoms with Crippen LogP contribution in [0.5, 0.6) is 0 Å². The quantitative estimate of drug-likeness (QED) is 0.624. The van der Waals surface area contributed by atoms with Crippen LogP contribution in [0.4, 0.5) is 0 Å². The minimum absolute atomic E-state index is 0.600. The average molecular weight is 167 g/mol. The van der Waals surface area contributed by atoms with Crippen molar-refractivity contribution in [2.24, 2.45) is 10.7 Å². The lowest BCUT2D eigenvalue weighted by Crippen LogP contribution is -2.10. The molecule has 0 aliphatic carbocycles. The molecular formula is C8H7ClN2. The Morgan fingerprint density at radius 1 is 1.45 bits per heavy atom. The van der Waals surface area contributed by atoms with Crippen molar-refractivity contribution < 1.29 is 0 Å². The van der Waals surface area contributed by atoms with Crippen molar-refractivity contribution in [3.8, 4) is 0 Å². The molecule has 1 heterocycles. The van der Waals surface area contributed by atoms with Gasteiger partial charge >= 0.3 is 0 Å². The monoisotopic (exact) mass is 166 g/mol. The molecule has 0 amide bonds. The number of amidine groups is 1. The third kappa shape index (κ3) is 0.994. The Morgan fingerprint density at radius 2 is 2.27 bits per heavy atom. The number of rotatable bonds is 0. The van der Waals surface area contributed by atoms with Gasteiger partial charge in [-0.2, -0.15) is 0 Å². The largest absolute Gasteiger partial charge is 0.383 e. The molecule has 0 fully saturated rings. The summed E-state index contributed by atoms with van der Waals surface area (Å²) in [7, 11) is 0. The van der Waals surface area contributed by atoms with E-state index in [2.05, 4.69) is 4.99 Å². The van der Waals surface area contributed by atoms with Crippen LogP contribution in [-0.4, -0.2) is 5.84 Å². The second-order valence-electron chi connectivity index (χ2n) is 2.50. The Balaban J connectivity index is 2.60. The van der Waals surface area contributed by atoms with Crippen molar-refractivity contribution in [2.75, 3.05) is 0 Å². The lowest BCUT2D eigenvalue weighted by atomic mass is 10.1. The van der Waals surface area contributed by atoms with Crippen molar-refractivity contribution in [3.63, 3.8) is 0 Å². The summed E-state index contributed by atoms with van der Waals surface area (Å²) in [6, 6.07) is 5.66. The van der Waals surface area contributed by atoms with E-state index >= 15 is 0 Å². The predicted molar refractivity (Wildman–Crippen MR) is 45.9 cm³/mol. The van der Waals surface area contributed by atoms with Gasteiger partial charge in [0.05, 0.1) is 6.54 Å². The van der Waals surface area contributed by atoms with Gasteiger partial charge in [0.15, 0.2) is 0 Å². The molecular weight excluding hydrogens is 160 g/mol. The van der Waals surface area contributed by atoms with Gasteiger partial charge in [-0.15, -0.1) is 0 Å². The number of nitrogens with zero attached hydrogens (tertiary/aromatic N) is 1. The van der Waals surface area contributed by atoms with Gasteiger partial charge in [0.2, 0.25) is 0 Å². The number of halogens is 1. The molecule has 56 valence electrons. The molecule has 0 saturated carbocycles. The van der Waals surface area contributed by atoms with Crippen molar-refractivity contribution in [2.45, 2.75) is 6.54 Å². The second-order valence-corrected chi connectivity index (χ2v) is 2.94. The van der Waals surface area contributed by atoms with Gasteiger partial charge in [0.1, 0.15) is 5.84 Å². The zero-order valence-corrected chi connectivity index (χ0v) is 6.60. The Bertz CT molecular complexity index is 331. The Hall–Kier alpha value is -1.02. The molecule has 2 nitrogen and oxygen atoms in total. The third-order valence-electron chi connectivity index (χ3n) is 1.77. The molecule has 0 spiro atoms. The van der Waals surface area contributed by atoms with Gasteiger partial charge < -0.3 is 5.73 Å². The lowest BCUT2D eigenvalue weighted by molar-refractivity contribution is 1.11. The molecule has 2 N–H and O–H groups in total. The smallest absolute Gasteiger partial charge is 0.126 e. The van der Waals surface area contributed by atoms with E-state index in [9.17, 15) is 0 Å². The average Bonchev–Trinajstić information content (AvgIpc) is 2.33. The molecule has 1 aliphatic rings. The van der Waals surface area contributed by atoms with Gasteiger partial charge in [-0.3, -0.25) is 4.99 Å². The van der Waals surface area contributed by atoms with Gasteiger partial charge in [0.25, 0.3) is 0 Å². The van der Waals surface area contributed by atoms with Crippen LogP contribution < -0.4 is 5.73 Å². The maximum atomic E-state index is 5.78. The first kappa shape index (κ1) is 6.68. The highest BCUT2D eigenvalue weighted by Gasteiger charge is 2.11. The van der Waals surface area contributed by atoms with E-state index in [4.69, 9.17) is 17.3 Å². The van der Waals surface area contributed by atoms with Crippen LogP contribution in [0.1, 0.15) is 11.1 Å². The summed E-state index contributed by atoms with van der Waals surface area (Å²) < 4.78 is 0. The van der Waals surface area contributed by atoms with Gasteiger partial charge in [-0.05, 0) is 17.7 Å². The summed E-state index contributed by atoms with van der Waals surface area (Å²) in [5.41, 5.74) is 7.75. The molecule has 0 atom stereocenters. The molecule has 1 aliphatic heterocycles. The Kier molecular flexibility index (Phi) is 1.36. The van der Waals surface area contributed by atoms with E-state index in [1.165, 1.54) is 0 Å². The molecule has 0 bridgehead atoms.